The van der Waals surface area contributed by atoms with Crippen LogP contribution in [0.5, 0.6) is 0 Å². The van der Waals surface area contributed by atoms with E-state index < -0.39 is 4.92 Å². The van der Waals surface area contributed by atoms with E-state index in [-0.39, 0.29) is 22.6 Å². The van der Waals surface area contributed by atoms with Gasteiger partial charge in [0.2, 0.25) is 11.8 Å². The number of amides is 1. The zero-order valence-electron chi connectivity index (χ0n) is 14.0. The molecule has 8 nitrogen and oxygen atoms in total. The van der Waals surface area contributed by atoms with Gasteiger partial charge in [0, 0.05) is 22.2 Å². The van der Waals surface area contributed by atoms with Crippen molar-refractivity contribution >= 4 is 45.0 Å². The summed E-state index contributed by atoms with van der Waals surface area (Å²) < 4.78 is 6.48. The number of nitrogens with zero attached hydrogens (tertiary/aromatic N) is 3. The topological polar surface area (TPSA) is 111 Å². The second kappa shape index (κ2) is 8.31. The number of anilines is 1. The number of nitrogens with one attached hydrogen (secondary N) is 1. The number of nitro benzene ring substituents is 1. The number of aromatic nitrogens is 2. The van der Waals surface area contributed by atoms with Crippen LogP contribution in [-0.4, -0.2) is 26.8 Å². The second-order valence-corrected chi connectivity index (χ2v) is 7.32. The first-order valence-corrected chi connectivity index (χ1v) is 9.47. The fourth-order valence-corrected chi connectivity index (χ4v) is 2.98. The first-order valence-electron chi connectivity index (χ1n) is 7.69. The van der Waals surface area contributed by atoms with Crippen LogP contribution >= 0.6 is 27.7 Å². The molecule has 3 rings (SSSR count). The van der Waals surface area contributed by atoms with Crippen molar-refractivity contribution in [1.29, 1.82) is 0 Å². The maximum Gasteiger partial charge on any atom is 0.277 e. The standard InChI is InChI=1S/C17H13BrN4O4S/c1-10-2-7-13(22(24)25)8-14(10)19-15(23)9-27-17-21-20-16(26-17)11-3-5-12(18)6-4-11/h2-8H,9H2,1H3,(H,19,23). The molecule has 2 aromatic carbocycles. The van der Waals surface area contributed by atoms with Gasteiger partial charge in [-0.15, -0.1) is 10.2 Å². The number of benzene rings is 2. The van der Waals surface area contributed by atoms with Gasteiger partial charge in [0.15, 0.2) is 0 Å². The minimum absolute atomic E-state index is 0.0318. The molecule has 0 radical (unpaired) electrons. The van der Waals surface area contributed by atoms with E-state index in [0.29, 0.717) is 11.6 Å². The summed E-state index contributed by atoms with van der Waals surface area (Å²) in [5.41, 5.74) is 1.82. The van der Waals surface area contributed by atoms with Crippen LogP contribution in [0.2, 0.25) is 0 Å². The summed E-state index contributed by atoms with van der Waals surface area (Å²) in [5.74, 6) is 0.0660. The van der Waals surface area contributed by atoms with Gasteiger partial charge in [0.25, 0.3) is 10.9 Å². The average Bonchev–Trinajstić information content (AvgIpc) is 3.11. The van der Waals surface area contributed by atoms with Gasteiger partial charge in [-0.05, 0) is 36.8 Å². The fraction of sp³-hybridized carbons (Fsp3) is 0.118. The number of non-ortho nitro benzene ring substituents is 1. The van der Waals surface area contributed by atoms with E-state index in [1.165, 1.54) is 12.1 Å². The van der Waals surface area contributed by atoms with Crippen LogP contribution in [0, 0.1) is 17.0 Å². The lowest BCUT2D eigenvalue weighted by atomic mass is 10.2. The van der Waals surface area contributed by atoms with E-state index in [2.05, 4.69) is 31.4 Å². The third-order valence-electron chi connectivity index (χ3n) is 3.53. The Labute approximate surface area is 166 Å². The maximum absolute atomic E-state index is 12.1. The van der Waals surface area contributed by atoms with Crippen molar-refractivity contribution < 1.29 is 14.1 Å². The Bertz CT molecular complexity index is 991. The van der Waals surface area contributed by atoms with E-state index >= 15 is 0 Å². The summed E-state index contributed by atoms with van der Waals surface area (Å²) in [6.45, 7) is 1.76. The summed E-state index contributed by atoms with van der Waals surface area (Å²) in [6, 6.07) is 11.7. The largest absolute Gasteiger partial charge is 0.411 e. The second-order valence-electron chi connectivity index (χ2n) is 5.47. The predicted octanol–water partition coefficient (Wildman–Crippen LogP) is 4.45. The molecule has 0 saturated heterocycles. The van der Waals surface area contributed by atoms with Crippen LogP contribution < -0.4 is 5.32 Å². The molecule has 1 heterocycles. The quantitative estimate of drug-likeness (QED) is 0.336. The molecule has 138 valence electrons. The van der Waals surface area contributed by atoms with E-state index in [4.69, 9.17) is 4.42 Å². The highest BCUT2D eigenvalue weighted by Gasteiger charge is 2.14. The molecule has 0 aliphatic rings. The molecule has 0 bridgehead atoms. The predicted molar refractivity (Wildman–Crippen MR) is 105 cm³/mol. The lowest BCUT2D eigenvalue weighted by molar-refractivity contribution is -0.384. The van der Waals surface area contributed by atoms with Crippen LogP contribution in [0.15, 0.2) is 56.6 Å². The van der Waals surface area contributed by atoms with Gasteiger partial charge >= 0.3 is 0 Å². The molecule has 1 amide bonds. The molecule has 0 aliphatic heterocycles. The number of hydrogen-bond acceptors (Lipinski definition) is 7. The monoisotopic (exact) mass is 448 g/mol. The summed E-state index contributed by atoms with van der Waals surface area (Å²) >= 11 is 4.44. The average molecular weight is 449 g/mol. The van der Waals surface area contributed by atoms with Gasteiger partial charge < -0.3 is 9.73 Å². The highest BCUT2D eigenvalue weighted by Crippen LogP contribution is 2.25. The Morgan fingerprint density at radius 2 is 2.00 bits per heavy atom. The van der Waals surface area contributed by atoms with Crippen molar-refractivity contribution in [2.45, 2.75) is 12.1 Å². The summed E-state index contributed by atoms with van der Waals surface area (Å²) in [4.78, 5) is 22.5. The molecule has 0 unspecified atom stereocenters. The summed E-state index contributed by atoms with van der Waals surface area (Å²) in [5, 5.41) is 21.7. The van der Waals surface area contributed by atoms with E-state index in [0.717, 1.165) is 27.4 Å². The van der Waals surface area contributed by atoms with Gasteiger partial charge in [-0.2, -0.15) is 0 Å². The number of carbonyl (C=O) groups excluding carboxylic acids is 1. The van der Waals surface area contributed by atoms with Crippen LogP contribution in [0.25, 0.3) is 11.5 Å². The van der Waals surface area contributed by atoms with Crippen molar-refractivity contribution in [3.63, 3.8) is 0 Å². The molecular formula is C17H13BrN4O4S. The third kappa shape index (κ3) is 4.92. The van der Waals surface area contributed by atoms with Crippen LogP contribution in [0.4, 0.5) is 11.4 Å². The molecule has 1 aromatic heterocycles. The number of nitro groups is 1. The minimum Gasteiger partial charge on any atom is -0.411 e. The molecule has 10 heteroatoms. The molecule has 1 N–H and O–H groups in total. The van der Waals surface area contributed by atoms with Crippen LogP contribution in [-0.2, 0) is 4.79 Å². The molecule has 0 fully saturated rings. The molecular weight excluding hydrogens is 436 g/mol. The normalized spacial score (nSPS) is 10.6. The maximum atomic E-state index is 12.1. The van der Waals surface area contributed by atoms with Crippen molar-refractivity contribution in [1.82, 2.24) is 10.2 Å². The number of aryl methyl sites for hydroxylation is 1. The Kier molecular flexibility index (Phi) is 5.87. The van der Waals surface area contributed by atoms with Crippen molar-refractivity contribution in [2.24, 2.45) is 0 Å². The molecule has 0 atom stereocenters. The Balaban J connectivity index is 1.61. The Morgan fingerprint density at radius 1 is 1.26 bits per heavy atom. The first-order chi connectivity index (χ1) is 12.9. The zero-order chi connectivity index (χ0) is 19.4. The Hall–Kier alpha value is -2.72. The first kappa shape index (κ1) is 19.1. The van der Waals surface area contributed by atoms with Gasteiger partial charge in [-0.3, -0.25) is 14.9 Å². The summed E-state index contributed by atoms with van der Waals surface area (Å²) in [6.07, 6.45) is 0. The van der Waals surface area contributed by atoms with Gasteiger partial charge in [-0.25, -0.2) is 0 Å². The third-order valence-corrected chi connectivity index (χ3v) is 4.88. The lowest BCUT2D eigenvalue weighted by Crippen LogP contribution is -2.15. The molecule has 3 aromatic rings. The fourth-order valence-electron chi connectivity index (χ4n) is 2.15. The molecule has 0 spiro atoms. The van der Waals surface area contributed by atoms with Crippen molar-refractivity contribution in [3.05, 3.63) is 62.6 Å². The molecule has 27 heavy (non-hydrogen) atoms. The Morgan fingerprint density at radius 3 is 2.70 bits per heavy atom. The highest BCUT2D eigenvalue weighted by atomic mass is 79.9. The van der Waals surface area contributed by atoms with E-state index in [9.17, 15) is 14.9 Å². The molecule has 0 saturated carbocycles. The van der Waals surface area contributed by atoms with Crippen molar-refractivity contribution in [2.75, 3.05) is 11.1 Å². The number of hydrogen-bond donors (Lipinski definition) is 1. The number of thioether (sulfide) groups is 1. The number of rotatable bonds is 6. The van der Waals surface area contributed by atoms with Crippen molar-refractivity contribution in [3.8, 4) is 11.5 Å². The van der Waals surface area contributed by atoms with E-state index in [1.54, 1.807) is 13.0 Å². The number of carbonyl (C=O) groups is 1. The smallest absolute Gasteiger partial charge is 0.277 e. The van der Waals surface area contributed by atoms with Gasteiger partial charge in [0.05, 0.1) is 16.4 Å². The lowest BCUT2D eigenvalue weighted by Gasteiger charge is -2.07. The zero-order valence-corrected chi connectivity index (χ0v) is 16.4. The van der Waals surface area contributed by atoms with E-state index in [1.807, 2.05) is 24.3 Å². The number of halogens is 1. The van der Waals surface area contributed by atoms with Crippen LogP contribution in [0.3, 0.4) is 0 Å². The SMILES string of the molecule is Cc1ccc([N+](=O)[O-])cc1NC(=O)CSc1nnc(-c2ccc(Br)cc2)o1. The summed E-state index contributed by atoms with van der Waals surface area (Å²) in [7, 11) is 0. The minimum atomic E-state index is -0.508. The van der Waals surface area contributed by atoms with Gasteiger partial charge in [0.1, 0.15) is 0 Å². The highest BCUT2D eigenvalue weighted by molar-refractivity contribution is 9.10. The van der Waals surface area contributed by atoms with Crippen LogP contribution in [0.1, 0.15) is 5.56 Å². The van der Waals surface area contributed by atoms with Gasteiger partial charge in [-0.1, -0.05) is 33.8 Å². The molecule has 0 aliphatic carbocycles.